The van der Waals surface area contributed by atoms with Crippen molar-refractivity contribution in [2.24, 2.45) is 0 Å². The summed E-state index contributed by atoms with van der Waals surface area (Å²) in [6, 6.07) is 12.2. The topological polar surface area (TPSA) is 38.3 Å². The lowest BCUT2D eigenvalue weighted by molar-refractivity contribution is 0.102. The van der Waals surface area contributed by atoms with E-state index in [0.29, 0.717) is 34.5 Å². The van der Waals surface area contributed by atoms with Crippen LogP contribution in [0.4, 0.5) is 5.69 Å². The Hall–Kier alpha value is -1.55. The second kappa shape index (κ2) is 7.46. The third kappa shape index (κ3) is 4.46. The summed E-state index contributed by atoms with van der Waals surface area (Å²) >= 11 is 11.8. The van der Waals surface area contributed by atoms with Crippen molar-refractivity contribution in [3.8, 4) is 0 Å². The summed E-state index contributed by atoms with van der Waals surface area (Å²) in [6.07, 6.45) is 0. The van der Waals surface area contributed by atoms with Gasteiger partial charge in [0, 0.05) is 33.5 Å². The van der Waals surface area contributed by atoms with Crippen molar-refractivity contribution >= 4 is 34.8 Å². The molecule has 0 unspecified atom stereocenters. The maximum Gasteiger partial charge on any atom is 0.255 e. The summed E-state index contributed by atoms with van der Waals surface area (Å²) in [4.78, 5) is 12.3. The van der Waals surface area contributed by atoms with Crippen LogP contribution in [0.1, 0.15) is 22.8 Å². The molecular weight excluding hydrogens is 309 g/mol. The van der Waals surface area contributed by atoms with Crippen LogP contribution < -0.4 is 5.32 Å². The van der Waals surface area contributed by atoms with Gasteiger partial charge < -0.3 is 10.1 Å². The lowest BCUT2D eigenvalue weighted by Crippen LogP contribution is -2.13. The normalized spacial score (nSPS) is 10.4. The minimum absolute atomic E-state index is 0.261. The molecular formula is C16H15Cl2NO2. The fraction of sp³-hybridized carbons (Fsp3) is 0.188. The van der Waals surface area contributed by atoms with Gasteiger partial charge >= 0.3 is 0 Å². The van der Waals surface area contributed by atoms with Crippen LogP contribution in [0.5, 0.6) is 0 Å². The molecule has 0 saturated heterocycles. The van der Waals surface area contributed by atoms with E-state index in [2.05, 4.69) is 5.32 Å². The minimum Gasteiger partial charge on any atom is -0.377 e. The largest absolute Gasteiger partial charge is 0.377 e. The van der Waals surface area contributed by atoms with Crippen LogP contribution >= 0.6 is 23.2 Å². The molecule has 3 nitrogen and oxygen atoms in total. The van der Waals surface area contributed by atoms with E-state index < -0.39 is 0 Å². The van der Waals surface area contributed by atoms with E-state index in [-0.39, 0.29) is 5.91 Å². The summed E-state index contributed by atoms with van der Waals surface area (Å²) in [6.45, 7) is 2.99. The SMILES string of the molecule is CCOCc1ccccc1NC(=O)c1cc(Cl)cc(Cl)c1. The summed E-state index contributed by atoms with van der Waals surface area (Å²) in [5.74, 6) is -0.261. The lowest BCUT2D eigenvalue weighted by atomic mass is 10.1. The van der Waals surface area contributed by atoms with Gasteiger partial charge in [0.25, 0.3) is 5.91 Å². The van der Waals surface area contributed by atoms with Gasteiger partial charge in [-0.2, -0.15) is 0 Å². The van der Waals surface area contributed by atoms with Crippen molar-refractivity contribution in [2.75, 3.05) is 11.9 Å². The molecule has 0 heterocycles. The molecule has 0 fully saturated rings. The van der Waals surface area contributed by atoms with Gasteiger partial charge in [0.05, 0.1) is 6.61 Å². The molecule has 0 aliphatic heterocycles. The van der Waals surface area contributed by atoms with Crippen LogP contribution in [0.3, 0.4) is 0 Å². The molecule has 0 aliphatic carbocycles. The van der Waals surface area contributed by atoms with Crippen LogP contribution in [0.25, 0.3) is 0 Å². The average Bonchev–Trinajstić information content (AvgIpc) is 2.45. The Labute approximate surface area is 133 Å². The fourth-order valence-corrected chi connectivity index (χ4v) is 2.39. The molecule has 2 rings (SSSR count). The first-order valence-corrected chi connectivity index (χ1v) is 7.29. The van der Waals surface area contributed by atoms with Gasteiger partial charge in [0.1, 0.15) is 0 Å². The first-order valence-electron chi connectivity index (χ1n) is 6.53. The second-order valence-electron chi connectivity index (χ2n) is 4.41. The molecule has 21 heavy (non-hydrogen) atoms. The second-order valence-corrected chi connectivity index (χ2v) is 5.28. The first kappa shape index (κ1) is 15.8. The number of anilines is 1. The molecule has 2 aromatic carbocycles. The maximum atomic E-state index is 12.3. The Morgan fingerprint density at radius 1 is 1.14 bits per heavy atom. The third-order valence-corrected chi connectivity index (χ3v) is 3.29. The fourth-order valence-electron chi connectivity index (χ4n) is 1.86. The maximum absolute atomic E-state index is 12.3. The van der Waals surface area contributed by atoms with Crippen LogP contribution in [0, 0.1) is 0 Å². The van der Waals surface area contributed by atoms with Crippen LogP contribution in [-0.2, 0) is 11.3 Å². The first-order chi connectivity index (χ1) is 10.1. The van der Waals surface area contributed by atoms with Gasteiger partial charge in [-0.25, -0.2) is 0 Å². The van der Waals surface area contributed by atoms with E-state index in [1.165, 1.54) is 0 Å². The Morgan fingerprint density at radius 3 is 2.48 bits per heavy atom. The van der Waals surface area contributed by atoms with Crippen LogP contribution in [0.15, 0.2) is 42.5 Å². The highest BCUT2D eigenvalue weighted by Gasteiger charge is 2.10. The Morgan fingerprint density at radius 2 is 1.81 bits per heavy atom. The number of halogens is 2. The average molecular weight is 324 g/mol. The number of benzene rings is 2. The smallest absolute Gasteiger partial charge is 0.255 e. The van der Waals surface area contributed by atoms with Crippen molar-refractivity contribution in [1.82, 2.24) is 0 Å². The predicted octanol–water partition coefficient (Wildman–Crippen LogP) is 4.78. The number of hydrogen-bond donors (Lipinski definition) is 1. The summed E-state index contributed by atoms with van der Waals surface area (Å²) in [7, 11) is 0. The van der Waals surface area contributed by atoms with E-state index in [0.717, 1.165) is 5.56 Å². The van der Waals surface area contributed by atoms with Gasteiger partial charge in [0.2, 0.25) is 0 Å². The number of para-hydroxylation sites is 1. The van der Waals surface area contributed by atoms with E-state index in [9.17, 15) is 4.79 Å². The molecule has 0 bridgehead atoms. The van der Waals surface area contributed by atoms with Gasteiger partial charge in [-0.3, -0.25) is 4.79 Å². The van der Waals surface area contributed by atoms with E-state index >= 15 is 0 Å². The monoisotopic (exact) mass is 323 g/mol. The molecule has 5 heteroatoms. The Kier molecular flexibility index (Phi) is 5.62. The summed E-state index contributed by atoms with van der Waals surface area (Å²) in [5, 5.41) is 3.71. The molecule has 0 saturated carbocycles. The molecule has 1 amide bonds. The number of rotatable bonds is 5. The zero-order chi connectivity index (χ0) is 15.2. The number of carbonyl (C=O) groups excluding carboxylic acids is 1. The van der Waals surface area contributed by atoms with Gasteiger partial charge in [-0.05, 0) is 31.2 Å². The minimum atomic E-state index is -0.261. The van der Waals surface area contributed by atoms with Crippen molar-refractivity contribution < 1.29 is 9.53 Å². The zero-order valence-corrected chi connectivity index (χ0v) is 13.0. The zero-order valence-electron chi connectivity index (χ0n) is 11.5. The van der Waals surface area contributed by atoms with Crippen LogP contribution in [0.2, 0.25) is 10.0 Å². The number of carbonyl (C=O) groups is 1. The molecule has 0 aromatic heterocycles. The number of ether oxygens (including phenoxy) is 1. The van der Waals surface area contributed by atoms with E-state index in [1.54, 1.807) is 18.2 Å². The Balaban J connectivity index is 2.19. The summed E-state index contributed by atoms with van der Waals surface area (Å²) in [5.41, 5.74) is 2.05. The lowest BCUT2D eigenvalue weighted by Gasteiger charge is -2.11. The molecule has 110 valence electrons. The van der Waals surface area contributed by atoms with Gasteiger partial charge in [0.15, 0.2) is 0 Å². The van der Waals surface area contributed by atoms with E-state index in [1.807, 2.05) is 31.2 Å². The highest BCUT2D eigenvalue weighted by Crippen LogP contribution is 2.21. The molecule has 0 atom stereocenters. The highest BCUT2D eigenvalue weighted by molar-refractivity contribution is 6.35. The quantitative estimate of drug-likeness (QED) is 0.859. The third-order valence-electron chi connectivity index (χ3n) is 2.85. The predicted molar refractivity (Wildman–Crippen MR) is 86.2 cm³/mol. The van der Waals surface area contributed by atoms with Gasteiger partial charge in [-0.15, -0.1) is 0 Å². The highest BCUT2D eigenvalue weighted by atomic mass is 35.5. The van der Waals surface area contributed by atoms with Gasteiger partial charge in [-0.1, -0.05) is 41.4 Å². The van der Waals surface area contributed by atoms with Crippen molar-refractivity contribution in [1.29, 1.82) is 0 Å². The molecule has 0 aliphatic rings. The van der Waals surface area contributed by atoms with Crippen LogP contribution in [-0.4, -0.2) is 12.5 Å². The molecule has 1 N–H and O–H groups in total. The Bertz CT molecular complexity index is 624. The number of nitrogens with one attached hydrogen (secondary N) is 1. The summed E-state index contributed by atoms with van der Waals surface area (Å²) < 4.78 is 5.39. The number of amides is 1. The number of hydrogen-bond acceptors (Lipinski definition) is 2. The molecule has 0 spiro atoms. The molecule has 0 radical (unpaired) electrons. The van der Waals surface area contributed by atoms with E-state index in [4.69, 9.17) is 27.9 Å². The van der Waals surface area contributed by atoms with Crippen molar-refractivity contribution in [3.05, 3.63) is 63.6 Å². The van der Waals surface area contributed by atoms with Crippen molar-refractivity contribution in [3.63, 3.8) is 0 Å². The standard InChI is InChI=1S/C16H15Cl2NO2/c1-2-21-10-11-5-3-4-6-15(11)19-16(20)12-7-13(17)9-14(18)8-12/h3-9H,2,10H2,1H3,(H,19,20). The molecule has 2 aromatic rings. The van der Waals surface area contributed by atoms with Crippen molar-refractivity contribution in [2.45, 2.75) is 13.5 Å².